The van der Waals surface area contributed by atoms with Gasteiger partial charge in [-0.2, -0.15) is 0 Å². The number of nitrogens with zero attached hydrogens (tertiary/aromatic N) is 2. The molecule has 1 saturated heterocycles. The zero-order valence-electron chi connectivity index (χ0n) is 15.6. The van der Waals surface area contributed by atoms with Gasteiger partial charge in [0.1, 0.15) is 5.82 Å². The third-order valence-electron chi connectivity index (χ3n) is 4.83. The van der Waals surface area contributed by atoms with Crippen LogP contribution in [0.15, 0.2) is 48.5 Å². The minimum Gasteiger partial charge on any atom is -0.350 e. The van der Waals surface area contributed by atoms with E-state index in [1.807, 2.05) is 25.1 Å². The zero-order chi connectivity index (χ0) is 19.4. The summed E-state index contributed by atoms with van der Waals surface area (Å²) in [7, 11) is 3.78. The van der Waals surface area contributed by atoms with E-state index in [4.69, 9.17) is 0 Å². The maximum Gasteiger partial charge on any atom is 0.251 e. The number of halogens is 1. The van der Waals surface area contributed by atoms with Crippen molar-refractivity contribution >= 4 is 17.5 Å². The Bertz CT molecular complexity index is 820. The molecule has 2 aromatic carbocycles. The molecule has 2 amide bonds. The monoisotopic (exact) mass is 369 g/mol. The van der Waals surface area contributed by atoms with Gasteiger partial charge in [-0.3, -0.25) is 9.59 Å². The number of rotatable bonds is 6. The number of carbonyl (C=O) groups excluding carboxylic acids is 2. The highest BCUT2D eigenvalue weighted by atomic mass is 19.1. The zero-order valence-corrected chi connectivity index (χ0v) is 15.6. The van der Waals surface area contributed by atoms with Gasteiger partial charge in [0.05, 0.1) is 6.04 Å². The summed E-state index contributed by atoms with van der Waals surface area (Å²) in [6, 6.07) is 13.3. The van der Waals surface area contributed by atoms with Crippen molar-refractivity contribution < 1.29 is 14.0 Å². The third-order valence-corrected chi connectivity index (χ3v) is 4.83. The van der Waals surface area contributed by atoms with Gasteiger partial charge in [-0.05, 0) is 62.5 Å². The molecule has 3 rings (SSSR count). The highest BCUT2D eigenvalue weighted by Gasteiger charge is 2.22. The fourth-order valence-electron chi connectivity index (χ4n) is 3.32. The first-order valence-corrected chi connectivity index (χ1v) is 9.06. The lowest BCUT2D eigenvalue weighted by Crippen LogP contribution is -2.34. The van der Waals surface area contributed by atoms with E-state index in [-0.39, 0.29) is 23.7 Å². The Balaban J connectivity index is 1.64. The van der Waals surface area contributed by atoms with Crippen LogP contribution < -0.4 is 10.2 Å². The molecular formula is C21H24FN3O2. The van der Waals surface area contributed by atoms with Gasteiger partial charge in [-0.15, -0.1) is 0 Å². The van der Waals surface area contributed by atoms with Crippen molar-refractivity contribution in [3.05, 3.63) is 65.5 Å². The van der Waals surface area contributed by atoms with Gasteiger partial charge >= 0.3 is 0 Å². The Morgan fingerprint density at radius 3 is 2.56 bits per heavy atom. The number of hydrogen-bond donors (Lipinski definition) is 1. The Hall–Kier alpha value is -2.73. The van der Waals surface area contributed by atoms with Crippen LogP contribution in [0, 0.1) is 5.82 Å². The number of likely N-dealkylation sites (N-methyl/N-ethyl adjacent to an activating group) is 1. The van der Waals surface area contributed by atoms with Crippen LogP contribution in [-0.4, -0.2) is 43.9 Å². The first-order chi connectivity index (χ1) is 13.0. The van der Waals surface area contributed by atoms with E-state index in [2.05, 4.69) is 5.32 Å². The standard InChI is InChI=1S/C21H24FN3O2/c1-24(2)19(16-5-3-6-17(22)13-16)14-23-21(27)15-8-10-18(11-9-15)25-12-4-7-20(25)26/h3,5-6,8-11,13,19H,4,7,12,14H2,1-2H3,(H,23,27). The molecule has 2 aromatic rings. The van der Waals surface area contributed by atoms with Crippen LogP contribution in [0.2, 0.25) is 0 Å². The molecule has 27 heavy (non-hydrogen) atoms. The second-order valence-electron chi connectivity index (χ2n) is 6.94. The van der Waals surface area contributed by atoms with Crippen LogP contribution >= 0.6 is 0 Å². The Morgan fingerprint density at radius 1 is 1.22 bits per heavy atom. The average molecular weight is 369 g/mol. The molecule has 1 N–H and O–H groups in total. The van der Waals surface area contributed by atoms with Crippen molar-refractivity contribution in [2.75, 3.05) is 32.1 Å². The number of amides is 2. The summed E-state index contributed by atoms with van der Waals surface area (Å²) in [4.78, 5) is 28.0. The highest BCUT2D eigenvalue weighted by molar-refractivity contribution is 5.97. The van der Waals surface area contributed by atoms with E-state index in [0.717, 1.165) is 24.2 Å². The van der Waals surface area contributed by atoms with E-state index < -0.39 is 0 Å². The van der Waals surface area contributed by atoms with Crippen LogP contribution in [0.4, 0.5) is 10.1 Å². The number of anilines is 1. The van der Waals surface area contributed by atoms with Crippen molar-refractivity contribution in [3.63, 3.8) is 0 Å². The van der Waals surface area contributed by atoms with Crippen LogP contribution in [0.3, 0.4) is 0 Å². The van der Waals surface area contributed by atoms with Crippen molar-refractivity contribution in [3.8, 4) is 0 Å². The SMILES string of the molecule is CN(C)C(CNC(=O)c1ccc(N2CCCC2=O)cc1)c1cccc(F)c1. The molecule has 1 heterocycles. The van der Waals surface area contributed by atoms with E-state index >= 15 is 0 Å². The molecule has 1 atom stereocenters. The van der Waals surface area contributed by atoms with Gasteiger partial charge < -0.3 is 15.1 Å². The Labute approximate surface area is 158 Å². The van der Waals surface area contributed by atoms with Gasteiger partial charge in [0, 0.05) is 30.8 Å². The maximum absolute atomic E-state index is 13.5. The van der Waals surface area contributed by atoms with Gasteiger partial charge in [-0.25, -0.2) is 4.39 Å². The second-order valence-corrected chi connectivity index (χ2v) is 6.94. The topological polar surface area (TPSA) is 52.7 Å². The largest absolute Gasteiger partial charge is 0.350 e. The molecule has 0 spiro atoms. The number of carbonyl (C=O) groups is 2. The molecule has 142 valence electrons. The number of nitrogens with one attached hydrogen (secondary N) is 1. The minimum atomic E-state index is -0.294. The lowest BCUT2D eigenvalue weighted by molar-refractivity contribution is -0.117. The predicted octanol–water partition coefficient (Wildman–Crippen LogP) is 2.99. The van der Waals surface area contributed by atoms with Crippen molar-refractivity contribution in [2.45, 2.75) is 18.9 Å². The van der Waals surface area contributed by atoms with Crippen LogP contribution in [0.25, 0.3) is 0 Å². The molecule has 1 fully saturated rings. The molecule has 0 aromatic heterocycles. The third kappa shape index (κ3) is 4.52. The molecular weight excluding hydrogens is 345 g/mol. The Kier molecular flexibility index (Phi) is 5.86. The summed E-state index contributed by atoms with van der Waals surface area (Å²) in [5, 5.41) is 2.91. The molecule has 0 saturated carbocycles. The molecule has 6 heteroatoms. The molecule has 1 unspecified atom stereocenters. The maximum atomic E-state index is 13.5. The molecule has 0 radical (unpaired) electrons. The Morgan fingerprint density at radius 2 is 1.96 bits per heavy atom. The van der Waals surface area contributed by atoms with Crippen molar-refractivity contribution in [1.82, 2.24) is 10.2 Å². The summed E-state index contributed by atoms with van der Waals surface area (Å²) in [5.74, 6) is -0.369. The summed E-state index contributed by atoms with van der Waals surface area (Å²) in [5.41, 5.74) is 2.16. The van der Waals surface area contributed by atoms with E-state index in [0.29, 0.717) is 18.5 Å². The van der Waals surface area contributed by atoms with Crippen molar-refractivity contribution in [2.24, 2.45) is 0 Å². The van der Waals surface area contributed by atoms with Gasteiger partial charge in [0.25, 0.3) is 5.91 Å². The quantitative estimate of drug-likeness (QED) is 0.852. The average Bonchev–Trinajstić information content (AvgIpc) is 3.07. The summed E-state index contributed by atoms with van der Waals surface area (Å²) in [6.07, 6.45) is 1.45. The molecule has 1 aliphatic rings. The normalized spacial score (nSPS) is 15.3. The lowest BCUT2D eigenvalue weighted by Gasteiger charge is -2.25. The van der Waals surface area contributed by atoms with Crippen molar-refractivity contribution in [1.29, 1.82) is 0 Å². The van der Waals surface area contributed by atoms with Gasteiger partial charge in [0.2, 0.25) is 5.91 Å². The van der Waals surface area contributed by atoms with E-state index in [9.17, 15) is 14.0 Å². The second kappa shape index (κ2) is 8.31. The molecule has 1 aliphatic heterocycles. The summed E-state index contributed by atoms with van der Waals surface area (Å²) >= 11 is 0. The minimum absolute atomic E-state index is 0.121. The van der Waals surface area contributed by atoms with Crippen LogP contribution in [-0.2, 0) is 4.79 Å². The molecule has 5 nitrogen and oxygen atoms in total. The van der Waals surface area contributed by atoms with E-state index in [1.54, 1.807) is 35.2 Å². The first-order valence-electron chi connectivity index (χ1n) is 9.06. The smallest absolute Gasteiger partial charge is 0.251 e. The highest BCUT2D eigenvalue weighted by Crippen LogP contribution is 2.22. The fourth-order valence-corrected chi connectivity index (χ4v) is 3.32. The number of hydrogen-bond acceptors (Lipinski definition) is 3. The molecule has 0 bridgehead atoms. The van der Waals surface area contributed by atoms with Crippen LogP contribution in [0.5, 0.6) is 0 Å². The predicted molar refractivity (Wildman–Crippen MR) is 103 cm³/mol. The van der Waals surface area contributed by atoms with Crippen LogP contribution in [0.1, 0.15) is 34.8 Å². The molecule has 0 aliphatic carbocycles. The summed E-state index contributed by atoms with van der Waals surface area (Å²) in [6.45, 7) is 1.09. The first kappa shape index (κ1) is 19.0. The lowest BCUT2D eigenvalue weighted by atomic mass is 10.1. The van der Waals surface area contributed by atoms with Gasteiger partial charge in [-0.1, -0.05) is 12.1 Å². The number of benzene rings is 2. The van der Waals surface area contributed by atoms with E-state index in [1.165, 1.54) is 12.1 Å². The van der Waals surface area contributed by atoms with Gasteiger partial charge in [0.15, 0.2) is 0 Å². The fraction of sp³-hybridized carbons (Fsp3) is 0.333. The summed E-state index contributed by atoms with van der Waals surface area (Å²) < 4.78 is 13.5.